The molecule has 2 saturated heterocycles. The van der Waals surface area contributed by atoms with Crippen LogP contribution in [-0.4, -0.2) is 67.3 Å². The average molecular weight is 494 g/mol. The molecule has 2 aromatic rings. The molecule has 0 bridgehead atoms. The zero-order chi connectivity index (χ0) is 24.8. The minimum Gasteiger partial charge on any atom is -0.319 e. The molecule has 5 rings (SSSR count). The summed E-state index contributed by atoms with van der Waals surface area (Å²) in [6.07, 6.45) is 3.14. The number of piperazine rings is 1. The van der Waals surface area contributed by atoms with E-state index in [1.807, 2.05) is 23.1 Å². The number of nitriles is 1. The molecule has 0 aromatic heterocycles. The number of nitrogens with one attached hydrogen (secondary N) is 1. The van der Waals surface area contributed by atoms with Crippen molar-refractivity contribution < 1.29 is 18.0 Å². The Morgan fingerprint density at radius 2 is 1.69 bits per heavy atom. The van der Waals surface area contributed by atoms with Crippen LogP contribution < -0.4 is 5.32 Å². The van der Waals surface area contributed by atoms with E-state index in [0.717, 1.165) is 24.8 Å². The Morgan fingerprint density at radius 3 is 2.37 bits per heavy atom. The molecule has 3 amide bonds. The smallest absolute Gasteiger partial charge is 0.319 e. The second-order valence-corrected chi connectivity index (χ2v) is 11.4. The number of aryl methyl sites for hydroxylation is 2. The van der Waals surface area contributed by atoms with Gasteiger partial charge in [0.15, 0.2) is 0 Å². The van der Waals surface area contributed by atoms with Crippen LogP contribution in [-0.2, 0) is 33.2 Å². The highest BCUT2D eigenvalue weighted by atomic mass is 32.2. The van der Waals surface area contributed by atoms with E-state index < -0.39 is 21.6 Å². The first-order chi connectivity index (χ1) is 16.7. The van der Waals surface area contributed by atoms with Crippen LogP contribution in [0.15, 0.2) is 47.4 Å². The summed E-state index contributed by atoms with van der Waals surface area (Å²) in [7, 11) is -3.68. The molecule has 2 fully saturated rings. The lowest BCUT2D eigenvalue weighted by Gasteiger charge is -2.35. The van der Waals surface area contributed by atoms with Gasteiger partial charge in [0.2, 0.25) is 10.0 Å². The van der Waals surface area contributed by atoms with Crippen LogP contribution in [0.4, 0.5) is 4.79 Å². The Morgan fingerprint density at radius 1 is 1.00 bits per heavy atom. The molecule has 35 heavy (non-hydrogen) atoms. The van der Waals surface area contributed by atoms with Gasteiger partial charge in [-0.25, -0.2) is 18.1 Å². The number of nitrogens with zero attached hydrogens (tertiary/aromatic N) is 4. The van der Waals surface area contributed by atoms with Crippen molar-refractivity contribution in [3.8, 4) is 6.07 Å². The largest absolute Gasteiger partial charge is 0.326 e. The van der Waals surface area contributed by atoms with E-state index in [4.69, 9.17) is 5.26 Å². The van der Waals surface area contributed by atoms with Gasteiger partial charge in [0.05, 0.1) is 23.2 Å². The van der Waals surface area contributed by atoms with Gasteiger partial charge in [-0.15, -0.1) is 0 Å². The number of rotatable bonds is 5. The molecule has 0 radical (unpaired) electrons. The standard InChI is InChI=1S/C25H27N5O4S/c1-25(21-8-7-19-3-2-4-20(19)15-21)23(31)30(24(32)27-25)17-28-11-13-29(14-12-28)35(33,34)22-9-5-18(16-26)6-10-22/h5-10,15H,2-4,11-14,17H2,1H3,(H,27,32)/t25-/m1/s1. The van der Waals surface area contributed by atoms with Gasteiger partial charge >= 0.3 is 6.03 Å². The molecule has 2 aliphatic heterocycles. The lowest BCUT2D eigenvalue weighted by Crippen LogP contribution is -2.52. The molecule has 9 nitrogen and oxygen atoms in total. The highest BCUT2D eigenvalue weighted by Crippen LogP contribution is 2.33. The van der Waals surface area contributed by atoms with Crippen molar-refractivity contribution in [2.24, 2.45) is 0 Å². The number of carbonyl (C=O) groups is 2. The minimum atomic E-state index is -3.68. The molecule has 2 heterocycles. The minimum absolute atomic E-state index is 0.107. The summed E-state index contributed by atoms with van der Waals surface area (Å²) < 4.78 is 27.3. The molecule has 0 unspecified atom stereocenters. The summed E-state index contributed by atoms with van der Waals surface area (Å²) in [5.74, 6) is -0.298. The Bertz CT molecular complexity index is 1330. The predicted molar refractivity (Wildman–Crippen MR) is 128 cm³/mol. The van der Waals surface area contributed by atoms with E-state index in [2.05, 4.69) is 11.4 Å². The van der Waals surface area contributed by atoms with Crippen LogP contribution in [0.5, 0.6) is 0 Å². The molecule has 1 aliphatic carbocycles. The van der Waals surface area contributed by atoms with E-state index in [9.17, 15) is 18.0 Å². The summed E-state index contributed by atoms with van der Waals surface area (Å²) in [6, 6.07) is 13.4. The van der Waals surface area contributed by atoms with E-state index in [1.54, 1.807) is 6.92 Å². The van der Waals surface area contributed by atoms with Crippen LogP contribution in [0.25, 0.3) is 0 Å². The quantitative estimate of drug-likeness (QED) is 0.635. The fraction of sp³-hybridized carbons (Fsp3) is 0.400. The van der Waals surface area contributed by atoms with Crippen LogP contribution in [0.3, 0.4) is 0 Å². The second-order valence-electron chi connectivity index (χ2n) is 9.43. The molecule has 1 N–H and O–H groups in total. The number of fused-ring (bicyclic) bond motifs is 1. The van der Waals surface area contributed by atoms with Gasteiger partial charge in [-0.1, -0.05) is 18.2 Å². The SMILES string of the molecule is C[C@]1(c2ccc3c(c2)CCC3)NC(=O)N(CN2CCN(S(=O)(=O)c3ccc(C#N)cc3)CC2)C1=O. The van der Waals surface area contributed by atoms with Crippen LogP contribution in [0.2, 0.25) is 0 Å². The second kappa shape index (κ2) is 8.75. The predicted octanol–water partition coefficient (Wildman–Crippen LogP) is 1.78. The van der Waals surface area contributed by atoms with Crippen molar-refractivity contribution in [2.45, 2.75) is 36.6 Å². The van der Waals surface area contributed by atoms with Gasteiger partial charge in [-0.3, -0.25) is 9.69 Å². The summed E-state index contributed by atoms with van der Waals surface area (Å²) in [4.78, 5) is 29.4. The molecular weight excluding hydrogens is 466 g/mol. The number of hydrogen-bond acceptors (Lipinski definition) is 6. The van der Waals surface area contributed by atoms with Crippen molar-refractivity contribution in [3.05, 3.63) is 64.7 Å². The molecule has 182 valence electrons. The average Bonchev–Trinajstić information content (AvgIpc) is 3.42. The molecular formula is C25H27N5O4S. The Balaban J connectivity index is 1.24. The number of carbonyl (C=O) groups excluding carboxylic acids is 2. The lowest BCUT2D eigenvalue weighted by molar-refractivity contribution is -0.132. The van der Waals surface area contributed by atoms with Gasteiger partial charge in [0.1, 0.15) is 5.54 Å². The Labute approximate surface area is 205 Å². The van der Waals surface area contributed by atoms with Crippen LogP contribution >= 0.6 is 0 Å². The first kappa shape index (κ1) is 23.5. The number of imide groups is 1. The van der Waals surface area contributed by atoms with Crippen molar-refractivity contribution >= 4 is 22.0 Å². The van der Waals surface area contributed by atoms with Gasteiger partial charge in [0, 0.05) is 26.2 Å². The molecule has 3 aliphatic rings. The first-order valence-corrected chi connectivity index (χ1v) is 13.2. The van der Waals surface area contributed by atoms with E-state index >= 15 is 0 Å². The van der Waals surface area contributed by atoms with E-state index in [0.29, 0.717) is 18.7 Å². The van der Waals surface area contributed by atoms with E-state index in [1.165, 1.54) is 44.6 Å². The van der Waals surface area contributed by atoms with Crippen molar-refractivity contribution in [1.82, 2.24) is 19.4 Å². The molecule has 0 spiro atoms. The summed E-state index contributed by atoms with van der Waals surface area (Å²) in [5, 5.41) is 11.8. The maximum absolute atomic E-state index is 13.4. The Hall–Kier alpha value is -3.26. The summed E-state index contributed by atoms with van der Waals surface area (Å²) in [6.45, 7) is 3.12. The fourth-order valence-electron chi connectivity index (χ4n) is 5.07. The molecule has 2 aromatic carbocycles. The third kappa shape index (κ3) is 4.10. The monoisotopic (exact) mass is 493 g/mol. The topological polar surface area (TPSA) is 114 Å². The van der Waals surface area contributed by atoms with Gasteiger partial charge in [-0.05, 0) is 67.1 Å². The maximum atomic E-state index is 13.4. The summed E-state index contributed by atoms with van der Waals surface area (Å²) >= 11 is 0. The number of benzene rings is 2. The highest BCUT2D eigenvalue weighted by molar-refractivity contribution is 7.89. The lowest BCUT2D eigenvalue weighted by atomic mass is 9.90. The van der Waals surface area contributed by atoms with E-state index in [-0.39, 0.29) is 30.6 Å². The number of sulfonamides is 1. The third-order valence-corrected chi connectivity index (χ3v) is 9.16. The van der Waals surface area contributed by atoms with Crippen molar-refractivity contribution in [3.63, 3.8) is 0 Å². The normalized spacial score (nSPS) is 23.3. The highest BCUT2D eigenvalue weighted by Gasteiger charge is 2.49. The zero-order valence-corrected chi connectivity index (χ0v) is 20.3. The van der Waals surface area contributed by atoms with Crippen LogP contribution in [0.1, 0.15) is 35.6 Å². The summed E-state index contributed by atoms with van der Waals surface area (Å²) in [5.41, 5.74) is 2.62. The Kier molecular flexibility index (Phi) is 5.87. The maximum Gasteiger partial charge on any atom is 0.326 e. The fourth-order valence-corrected chi connectivity index (χ4v) is 6.49. The molecule has 10 heteroatoms. The molecule has 1 atom stereocenters. The van der Waals surface area contributed by atoms with Gasteiger partial charge in [-0.2, -0.15) is 9.57 Å². The zero-order valence-electron chi connectivity index (χ0n) is 19.5. The van der Waals surface area contributed by atoms with Crippen molar-refractivity contribution in [1.29, 1.82) is 5.26 Å². The number of hydrogen-bond donors (Lipinski definition) is 1. The number of amides is 3. The first-order valence-electron chi connectivity index (χ1n) is 11.7. The number of urea groups is 1. The third-order valence-electron chi connectivity index (χ3n) is 7.24. The van der Waals surface area contributed by atoms with Crippen LogP contribution in [0, 0.1) is 11.3 Å². The van der Waals surface area contributed by atoms with Gasteiger partial charge < -0.3 is 5.32 Å². The molecule has 0 saturated carbocycles. The van der Waals surface area contributed by atoms with Gasteiger partial charge in [0.25, 0.3) is 5.91 Å². The van der Waals surface area contributed by atoms with Crippen molar-refractivity contribution in [2.75, 3.05) is 32.8 Å².